The van der Waals surface area contributed by atoms with Crippen LogP contribution in [0.5, 0.6) is 0 Å². The van der Waals surface area contributed by atoms with Crippen molar-refractivity contribution in [1.82, 2.24) is 10.2 Å². The minimum Gasteiger partial charge on any atom is -0.481 e. The summed E-state index contributed by atoms with van der Waals surface area (Å²) in [5.41, 5.74) is 0. The van der Waals surface area contributed by atoms with Crippen LogP contribution in [0.4, 0.5) is 4.79 Å². The Labute approximate surface area is 115 Å². The van der Waals surface area contributed by atoms with Gasteiger partial charge >= 0.3 is 12.0 Å². The molecular weight excluding hydrogens is 244 g/mol. The number of rotatable bonds is 6. The zero-order valence-corrected chi connectivity index (χ0v) is 12.0. The monoisotopic (exact) mass is 270 g/mol. The molecule has 0 bridgehead atoms. The number of carboxylic acid groups (broad SMARTS) is 1. The van der Waals surface area contributed by atoms with Crippen LogP contribution in [0.25, 0.3) is 0 Å². The van der Waals surface area contributed by atoms with Gasteiger partial charge in [0.1, 0.15) is 0 Å². The molecule has 1 aliphatic rings. The molecule has 0 saturated carbocycles. The Kier molecular flexibility index (Phi) is 6.67. The molecule has 0 aromatic heterocycles. The van der Waals surface area contributed by atoms with Gasteiger partial charge in [0.05, 0.1) is 0 Å². The number of nitrogens with zero attached hydrogens (tertiary/aromatic N) is 1. The number of hydrogen-bond acceptors (Lipinski definition) is 2. The van der Waals surface area contributed by atoms with Crippen LogP contribution in [0.3, 0.4) is 0 Å². The second-order valence-electron chi connectivity index (χ2n) is 5.35. The number of piperidine rings is 1. The van der Waals surface area contributed by atoms with Crippen molar-refractivity contribution < 1.29 is 14.7 Å². The average molecular weight is 270 g/mol. The van der Waals surface area contributed by atoms with Gasteiger partial charge in [0.25, 0.3) is 0 Å². The van der Waals surface area contributed by atoms with E-state index in [9.17, 15) is 9.59 Å². The van der Waals surface area contributed by atoms with Crippen LogP contribution in [0.2, 0.25) is 0 Å². The highest BCUT2D eigenvalue weighted by molar-refractivity contribution is 5.74. The number of hydrogen-bond donors (Lipinski definition) is 2. The summed E-state index contributed by atoms with van der Waals surface area (Å²) in [5, 5.41) is 11.8. The average Bonchev–Trinajstić information content (AvgIpc) is 2.42. The van der Waals surface area contributed by atoms with Gasteiger partial charge in [-0.1, -0.05) is 13.8 Å². The molecule has 5 heteroatoms. The largest absolute Gasteiger partial charge is 0.481 e. The van der Waals surface area contributed by atoms with Crippen LogP contribution in [-0.4, -0.2) is 41.1 Å². The Balaban J connectivity index is 2.40. The Morgan fingerprint density at radius 2 is 2.05 bits per heavy atom. The molecule has 0 aromatic carbocycles. The summed E-state index contributed by atoms with van der Waals surface area (Å²) in [6.45, 7) is 5.62. The fraction of sp³-hybridized carbons (Fsp3) is 0.857. The third-order valence-corrected chi connectivity index (χ3v) is 3.89. The maximum absolute atomic E-state index is 12.1. The van der Waals surface area contributed by atoms with Crippen molar-refractivity contribution in [1.29, 1.82) is 0 Å². The van der Waals surface area contributed by atoms with Gasteiger partial charge in [0.2, 0.25) is 0 Å². The van der Waals surface area contributed by atoms with E-state index in [1.165, 1.54) is 0 Å². The molecule has 2 amide bonds. The zero-order chi connectivity index (χ0) is 14.3. The van der Waals surface area contributed by atoms with E-state index < -0.39 is 5.97 Å². The van der Waals surface area contributed by atoms with Gasteiger partial charge in [-0.2, -0.15) is 0 Å². The second kappa shape index (κ2) is 8.02. The summed E-state index contributed by atoms with van der Waals surface area (Å²) in [5.74, 6) is -0.420. The van der Waals surface area contributed by atoms with Crippen LogP contribution in [0.1, 0.15) is 52.4 Å². The third-order valence-electron chi connectivity index (χ3n) is 3.89. The van der Waals surface area contributed by atoms with Gasteiger partial charge in [-0.25, -0.2) is 4.79 Å². The number of carbonyl (C=O) groups is 2. The number of nitrogens with one attached hydrogen (secondary N) is 1. The van der Waals surface area contributed by atoms with Crippen molar-refractivity contribution in [2.45, 2.75) is 58.4 Å². The number of likely N-dealkylation sites (tertiary alicyclic amines) is 1. The van der Waals surface area contributed by atoms with E-state index in [2.05, 4.69) is 19.2 Å². The Bertz CT molecular complexity index is 303. The lowest BCUT2D eigenvalue weighted by Gasteiger charge is -2.33. The molecule has 1 aliphatic heterocycles. The van der Waals surface area contributed by atoms with Crippen molar-refractivity contribution in [3.05, 3.63) is 0 Å². The third kappa shape index (κ3) is 5.49. The van der Waals surface area contributed by atoms with Crippen LogP contribution < -0.4 is 5.32 Å². The first-order valence-corrected chi connectivity index (χ1v) is 7.34. The molecule has 2 N–H and O–H groups in total. The van der Waals surface area contributed by atoms with Gasteiger partial charge in [-0.15, -0.1) is 0 Å². The number of urea groups is 1. The Hall–Kier alpha value is -1.26. The molecule has 110 valence electrons. The summed E-state index contributed by atoms with van der Waals surface area (Å²) in [6, 6.07) is 0.251. The number of carbonyl (C=O) groups excluding carboxylic acids is 1. The highest BCUT2D eigenvalue weighted by Crippen LogP contribution is 2.21. The van der Waals surface area contributed by atoms with E-state index in [0.29, 0.717) is 18.9 Å². The predicted octanol–water partition coefficient (Wildman–Crippen LogP) is 2.46. The van der Waals surface area contributed by atoms with Crippen molar-refractivity contribution in [2.24, 2.45) is 5.92 Å². The molecule has 0 aliphatic carbocycles. The fourth-order valence-corrected chi connectivity index (χ4v) is 2.57. The maximum atomic E-state index is 12.1. The quantitative estimate of drug-likeness (QED) is 0.779. The lowest BCUT2D eigenvalue weighted by Crippen LogP contribution is -2.48. The molecule has 0 aromatic rings. The van der Waals surface area contributed by atoms with Gasteiger partial charge in [-0.05, 0) is 38.0 Å². The lowest BCUT2D eigenvalue weighted by molar-refractivity contribution is -0.137. The Morgan fingerprint density at radius 3 is 2.63 bits per heavy atom. The minimum absolute atomic E-state index is 0.00808. The molecule has 1 saturated heterocycles. The molecule has 1 fully saturated rings. The molecule has 1 atom stereocenters. The van der Waals surface area contributed by atoms with Crippen LogP contribution in [0.15, 0.2) is 0 Å². The lowest BCUT2D eigenvalue weighted by atomic mass is 9.93. The molecule has 0 radical (unpaired) electrons. The summed E-state index contributed by atoms with van der Waals surface area (Å²) >= 11 is 0. The van der Waals surface area contributed by atoms with Gasteiger partial charge in [0, 0.05) is 25.6 Å². The summed E-state index contributed by atoms with van der Waals surface area (Å²) in [7, 11) is 0. The highest BCUT2D eigenvalue weighted by Gasteiger charge is 2.24. The van der Waals surface area contributed by atoms with Gasteiger partial charge < -0.3 is 15.3 Å². The summed E-state index contributed by atoms with van der Waals surface area (Å²) < 4.78 is 0. The van der Waals surface area contributed by atoms with Gasteiger partial charge in [-0.3, -0.25) is 4.79 Å². The molecule has 0 spiro atoms. The predicted molar refractivity (Wildman–Crippen MR) is 74.1 cm³/mol. The van der Waals surface area contributed by atoms with E-state index in [4.69, 9.17) is 5.11 Å². The van der Waals surface area contributed by atoms with E-state index in [1.54, 1.807) is 0 Å². The van der Waals surface area contributed by atoms with Crippen molar-refractivity contribution in [3.8, 4) is 0 Å². The number of amides is 2. The number of carboxylic acids is 1. The van der Waals surface area contributed by atoms with Gasteiger partial charge in [0.15, 0.2) is 0 Å². The SMILES string of the molecule is CCC(CC)NC(=O)N1CCCC(CCC(=O)O)C1. The molecule has 1 rings (SSSR count). The molecular formula is C14H26N2O3. The first-order chi connectivity index (χ1) is 9.06. The van der Waals surface area contributed by atoms with Crippen molar-refractivity contribution in [3.63, 3.8) is 0 Å². The zero-order valence-electron chi connectivity index (χ0n) is 12.0. The second-order valence-corrected chi connectivity index (χ2v) is 5.35. The standard InChI is InChI=1S/C14H26N2O3/c1-3-12(4-2)15-14(19)16-9-5-6-11(10-16)7-8-13(17)18/h11-12H,3-10H2,1-2H3,(H,15,19)(H,17,18). The molecule has 1 heterocycles. The molecule has 1 unspecified atom stereocenters. The van der Waals surface area contributed by atoms with Crippen molar-refractivity contribution in [2.75, 3.05) is 13.1 Å². The summed E-state index contributed by atoms with van der Waals surface area (Å²) in [4.78, 5) is 24.5. The van der Waals surface area contributed by atoms with Crippen LogP contribution in [0, 0.1) is 5.92 Å². The van der Waals surface area contributed by atoms with E-state index in [-0.39, 0.29) is 18.5 Å². The van der Waals surface area contributed by atoms with E-state index in [0.717, 1.165) is 32.2 Å². The fourth-order valence-electron chi connectivity index (χ4n) is 2.57. The highest BCUT2D eigenvalue weighted by atomic mass is 16.4. The van der Waals surface area contributed by atoms with Crippen molar-refractivity contribution >= 4 is 12.0 Å². The van der Waals surface area contributed by atoms with E-state index >= 15 is 0 Å². The summed E-state index contributed by atoms with van der Waals surface area (Å²) in [6.07, 6.45) is 4.76. The topological polar surface area (TPSA) is 69.6 Å². The minimum atomic E-state index is -0.751. The number of aliphatic carboxylic acids is 1. The maximum Gasteiger partial charge on any atom is 0.317 e. The van der Waals surface area contributed by atoms with Crippen LogP contribution >= 0.6 is 0 Å². The molecule has 5 nitrogen and oxygen atoms in total. The smallest absolute Gasteiger partial charge is 0.317 e. The Morgan fingerprint density at radius 1 is 1.37 bits per heavy atom. The normalized spacial score (nSPS) is 19.5. The first kappa shape index (κ1) is 15.8. The molecule has 19 heavy (non-hydrogen) atoms. The van der Waals surface area contributed by atoms with Crippen LogP contribution in [-0.2, 0) is 4.79 Å². The van der Waals surface area contributed by atoms with E-state index in [1.807, 2.05) is 4.90 Å². The first-order valence-electron chi connectivity index (χ1n) is 7.34.